The average molecular weight is 867 g/mol. The van der Waals surface area contributed by atoms with Gasteiger partial charge in [-0.1, -0.05) is 36.4 Å². The topological polar surface area (TPSA) is 206 Å². The van der Waals surface area contributed by atoms with Crippen molar-refractivity contribution in [2.75, 3.05) is 7.11 Å². The molecule has 8 rings (SSSR count). The first-order valence-corrected chi connectivity index (χ1v) is 22.6. The number of methoxy groups -OCH3 is 1. The number of carbonyl (C=O) groups excluding carboxylic acids is 2. The van der Waals surface area contributed by atoms with Gasteiger partial charge in [0.15, 0.2) is 0 Å². The summed E-state index contributed by atoms with van der Waals surface area (Å²) in [5.41, 5.74) is 3.73. The summed E-state index contributed by atoms with van der Waals surface area (Å²) in [4.78, 5) is 28.0. The number of halogens is 1. The number of hydrogen-bond acceptors (Lipinski definition) is 13. The number of hydrogen-bond donors (Lipinski definition) is 1. The van der Waals surface area contributed by atoms with Gasteiger partial charge in [-0.25, -0.2) is 21.2 Å². The van der Waals surface area contributed by atoms with Crippen LogP contribution >= 0.6 is 23.5 Å². The monoisotopic (exact) mass is 866 g/mol. The molecule has 0 aliphatic carbocycles. The number of sulfone groups is 2. The number of rotatable bonds is 9. The van der Waals surface area contributed by atoms with Crippen molar-refractivity contribution in [3.63, 3.8) is 0 Å². The van der Waals surface area contributed by atoms with Crippen molar-refractivity contribution in [3.8, 4) is 40.4 Å². The summed E-state index contributed by atoms with van der Waals surface area (Å²) in [5.74, 6) is -1.18. The number of aromatic amines is 1. The van der Waals surface area contributed by atoms with Crippen LogP contribution in [-0.2, 0) is 32.5 Å². The molecule has 0 amide bonds. The van der Waals surface area contributed by atoms with Crippen LogP contribution in [0.4, 0.5) is 4.39 Å². The van der Waals surface area contributed by atoms with Gasteiger partial charge in [-0.2, -0.15) is 20.7 Å². The highest BCUT2D eigenvalue weighted by molar-refractivity contribution is 7.99. The number of aryl methyl sites for hydroxylation is 1. The normalized spacial score (nSPS) is 15.0. The highest BCUT2D eigenvalue weighted by Crippen LogP contribution is 2.49. The number of thioether (sulfide) groups is 2. The number of ketones is 2. The first-order chi connectivity index (χ1) is 28.2. The summed E-state index contributed by atoms with van der Waals surface area (Å²) < 4.78 is 72.1. The van der Waals surface area contributed by atoms with Gasteiger partial charge in [-0.15, -0.1) is 23.5 Å². The Labute approximate surface area is 347 Å². The van der Waals surface area contributed by atoms with Crippen molar-refractivity contribution in [1.82, 2.24) is 20.0 Å². The standard InChI is InChI=1S/C21H17N3O4S2.C20H14FN3O3S2/c1-24-20-15-5-3-4-6-17(15)29-12-16(20)19(23-24)21(25)18(11-22)30(26,27)14-9-7-13(28-2)8-10-14;1-11-17-18(14-9-12(21)7-8-15(14)28-11)23-24-19(17)20(25)16(10-22)29(26,27)13-5-3-2-4-6-13/h3-10,18H,12H2,1-2H3;2-9,11,16H,1H3,(H,23,24). The van der Waals surface area contributed by atoms with Crippen LogP contribution in [0.2, 0.25) is 0 Å². The lowest BCUT2D eigenvalue weighted by Gasteiger charge is -2.21. The van der Waals surface area contributed by atoms with E-state index in [9.17, 15) is 41.3 Å². The molecule has 4 heterocycles. The summed E-state index contributed by atoms with van der Waals surface area (Å²) in [6.45, 7) is 1.84. The Morgan fingerprint density at radius 1 is 0.864 bits per heavy atom. The maximum absolute atomic E-state index is 13.7. The van der Waals surface area contributed by atoms with Crippen LogP contribution in [-0.4, -0.2) is 66.0 Å². The van der Waals surface area contributed by atoms with E-state index in [0.29, 0.717) is 33.9 Å². The van der Waals surface area contributed by atoms with E-state index in [-0.39, 0.29) is 26.4 Å². The van der Waals surface area contributed by atoms with Gasteiger partial charge in [0, 0.05) is 50.1 Å². The zero-order valence-electron chi connectivity index (χ0n) is 31.3. The molecule has 0 fully saturated rings. The van der Waals surface area contributed by atoms with E-state index < -0.39 is 47.6 Å². The number of aromatic nitrogens is 4. The van der Waals surface area contributed by atoms with E-state index in [1.807, 2.05) is 31.2 Å². The smallest absolute Gasteiger partial charge is 0.216 e. The van der Waals surface area contributed by atoms with E-state index in [1.54, 1.807) is 47.8 Å². The van der Waals surface area contributed by atoms with Crippen molar-refractivity contribution in [2.24, 2.45) is 7.05 Å². The number of H-pyrrole nitrogens is 1. The third-order valence-electron chi connectivity index (χ3n) is 9.64. The molecule has 2 aliphatic heterocycles. The molecule has 3 unspecified atom stereocenters. The molecular formula is C41H31FN6O7S4. The van der Waals surface area contributed by atoms with Crippen molar-refractivity contribution in [2.45, 2.75) is 48.0 Å². The molecule has 13 nitrogen and oxygen atoms in total. The predicted molar refractivity (Wildman–Crippen MR) is 218 cm³/mol. The Morgan fingerprint density at radius 3 is 2.15 bits per heavy atom. The van der Waals surface area contributed by atoms with Gasteiger partial charge in [0.25, 0.3) is 0 Å². The molecule has 0 bridgehead atoms. The van der Waals surface area contributed by atoms with E-state index in [0.717, 1.165) is 21.0 Å². The van der Waals surface area contributed by atoms with Gasteiger partial charge >= 0.3 is 0 Å². The van der Waals surface area contributed by atoms with Crippen LogP contribution in [0.15, 0.2) is 117 Å². The fraction of sp³-hybridized carbons (Fsp3) is 0.171. The van der Waals surface area contributed by atoms with Gasteiger partial charge < -0.3 is 4.74 Å². The molecule has 0 spiro atoms. The third-order valence-corrected chi connectivity index (χ3v) is 15.7. The number of nitrogens with one attached hydrogen (secondary N) is 1. The van der Waals surface area contributed by atoms with Gasteiger partial charge in [0.1, 0.15) is 23.0 Å². The number of carbonyl (C=O) groups is 2. The molecular weight excluding hydrogens is 836 g/mol. The Morgan fingerprint density at radius 2 is 1.49 bits per heavy atom. The summed E-state index contributed by atoms with van der Waals surface area (Å²) in [7, 11) is -5.26. The fourth-order valence-corrected chi connectivity index (χ4v) is 11.7. The third kappa shape index (κ3) is 7.44. The average Bonchev–Trinajstić information content (AvgIpc) is 3.85. The number of benzene rings is 4. The van der Waals surface area contributed by atoms with Crippen molar-refractivity contribution in [1.29, 1.82) is 10.5 Å². The Kier molecular flexibility index (Phi) is 11.4. The Bertz CT molecular complexity index is 2960. The molecule has 3 atom stereocenters. The number of fused-ring (bicyclic) bond motifs is 6. The van der Waals surface area contributed by atoms with Crippen LogP contribution in [0.5, 0.6) is 5.75 Å². The lowest BCUT2D eigenvalue weighted by Crippen LogP contribution is -2.30. The summed E-state index contributed by atoms with van der Waals surface area (Å²) in [6, 6.07) is 28.3. The summed E-state index contributed by atoms with van der Waals surface area (Å²) in [5, 5.41) is 26.2. The Balaban J connectivity index is 0.000000179. The molecule has 18 heteroatoms. The van der Waals surface area contributed by atoms with Crippen molar-refractivity contribution < 1.29 is 35.6 Å². The molecule has 0 saturated carbocycles. The van der Waals surface area contributed by atoms with Crippen LogP contribution in [0.25, 0.3) is 22.5 Å². The van der Waals surface area contributed by atoms with E-state index in [4.69, 9.17) is 4.74 Å². The minimum atomic E-state index is -4.22. The second-order valence-corrected chi connectivity index (χ2v) is 19.6. The molecule has 2 aromatic heterocycles. The maximum atomic E-state index is 13.7. The maximum Gasteiger partial charge on any atom is 0.216 e. The Hall–Kier alpha value is -6.05. The minimum Gasteiger partial charge on any atom is -0.497 e. The van der Waals surface area contributed by atoms with Crippen LogP contribution in [0.3, 0.4) is 0 Å². The van der Waals surface area contributed by atoms with E-state index >= 15 is 0 Å². The predicted octanol–water partition coefficient (Wildman–Crippen LogP) is 7.18. The molecule has 0 radical (unpaired) electrons. The van der Waals surface area contributed by atoms with E-state index in [1.165, 1.54) is 79.5 Å². The summed E-state index contributed by atoms with van der Waals surface area (Å²) in [6.07, 6.45) is 0. The first-order valence-electron chi connectivity index (χ1n) is 17.6. The molecule has 59 heavy (non-hydrogen) atoms. The SMILES string of the molecule is CC1Sc2ccc(F)cc2-c2n[nH]c(C(=O)C(C#N)S(=O)(=O)c3ccccc3)c21.COc1ccc(S(=O)(=O)C(C#N)C(=O)c2nn(C)c3c2CSc2ccccc2-3)cc1. The molecule has 1 N–H and O–H groups in total. The summed E-state index contributed by atoms with van der Waals surface area (Å²) >= 11 is 2.96. The zero-order valence-corrected chi connectivity index (χ0v) is 34.5. The quantitative estimate of drug-likeness (QED) is 0.143. The highest BCUT2D eigenvalue weighted by Gasteiger charge is 2.41. The van der Waals surface area contributed by atoms with Crippen LogP contribution in [0.1, 0.15) is 44.3 Å². The number of ether oxygens (including phenoxy) is 1. The number of Topliss-reactive ketones (excluding diaryl/α,β-unsaturated/α-hetero) is 2. The van der Waals surface area contributed by atoms with Gasteiger partial charge in [0.2, 0.25) is 41.7 Å². The van der Waals surface area contributed by atoms with Crippen molar-refractivity contribution >= 4 is 54.8 Å². The zero-order chi connectivity index (χ0) is 42.2. The fourth-order valence-electron chi connectivity index (χ4n) is 6.80. The number of nitrogens with zero attached hydrogens (tertiary/aromatic N) is 5. The van der Waals surface area contributed by atoms with Gasteiger partial charge in [-0.3, -0.25) is 19.4 Å². The molecule has 4 aromatic carbocycles. The molecule has 2 aliphatic rings. The van der Waals surface area contributed by atoms with Crippen molar-refractivity contribution in [3.05, 3.63) is 125 Å². The van der Waals surface area contributed by atoms with Crippen LogP contribution in [0, 0.1) is 28.5 Å². The van der Waals surface area contributed by atoms with Gasteiger partial charge in [-0.05, 0) is 67.6 Å². The van der Waals surface area contributed by atoms with Gasteiger partial charge in [0.05, 0.1) is 40.4 Å². The minimum absolute atomic E-state index is 0.0261. The number of nitriles is 2. The largest absolute Gasteiger partial charge is 0.497 e. The first kappa shape index (κ1) is 41.1. The lowest BCUT2D eigenvalue weighted by molar-refractivity contribution is 0.0986. The molecule has 0 saturated heterocycles. The second-order valence-electron chi connectivity index (χ2n) is 13.2. The van der Waals surface area contributed by atoms with Crippen LogP contribution < -0.4 is 4.74 Å². The molecule has 298 valence electrons. The lowest BCUT2D eigenvalue weighted by atomic mass is 10.00. The highest BCUT2D eigenvalue weighted by atomic mass is 32.2. The molecule has 6 aromatic rings. The van der Waals surface area contributed by atoms with E-state index in [2.05, 4.69) is 15.3 Å². The second kappa shape index (κ2) is 16.3.